The van der Waals surface area contributed by atoms with Crippen molar-refractivity contribution in [3.63, 3.8) is 0 Å². The summed E-state index contributed by atoms with van der Waals surface area (Å²) in [5.74, 6) is -0.762. The summed E-state index contributed by atoms with van der Waals surface area (Å²) in [6, 6.07) is 0. The monoisotopic (exact) mass is 294 g/mol. The van der Waals surface area contributed by atoms with Gasteiger partial charge in [0.15, 0.2) is 0 Å². The minimum Gasteiger partial charge on any atom is -0.462 e. The van der Waals surface area contributed by atoms with Crippen LogP contribution in [0.25, 0.3) is 0 Å². The molecule has 0 saturated heterocycles. The van der Waals surface area contributed by atoms with Crippen LogP contribution in [0, 0.1) is 0 Å². The standard InChI is InChI=1S/C9H9BrF2N2O2/c1-2-16-9(15)4-3-14-7(10)5(6(4)13)8(11)12/h3,8H,2H2,1H3,(H2,13,14). The number of nitrogen functional groups attached to an aromatic ring is 1. The number of hydrogen-bond donors (Lipinski definition) is 1. The molecular weight excluding hydrogens is 286 g/mol. The van der Waals surface area contributed by atoms with E-state index in [1.165, 1.54) is 0 Å². The molecule has 16 heavy (non-hydrogen) atoms. The lowest BCUT2D eigenvalue weighted by molar-refractivity contribution is 0.0526. The normalized spacial score (nSPS) is 10.6. The molecular formula is C9H9BrF2N2O2. The van der Waals surface area contributed by atoms with Gasteiger partial charge in [0.2, 0.25) is 0 Å². The Morgan fingerprint density at radius 1 is 1.69 bits per heavy atom. The average Bonchev–Trinajstić information content (AvgIpc) is 2.17. The van der Waals surface area contributed by atoms with Crippen LogP contribution in [0.1, 0.15) is 29.3 Å². The predicted molar refractivity (Wildman–Crippen MR) is 57.3 cm³/mol. The first-order chi connectivity index (χ1) is 7.49. The molecule has 1 rings (SSSR count). The Morgan fingerprint density at radius 3 is 2.81 bits per heavy atom. The fraction of sp³-hybridized carbons (Fsp3) is 0.333. The first-order valence-electron chi connectivity index (χ1n) is 4.38. The van der Waals surface area contributed by atoms with Gasteiger partial charge >= 0.3 is 5.97 Å². The molecule has 88 valence electrons. The number of esters is 1. The summed E-state index contributed by atoms with van der Waals surface area (Å²) in [7, 11) is 0. The van der Waals surface area contributed by atoms with Crippen LogP contribution in [0.2, 0.25) is 0 Å². The molecule has 0 aliphatic rings. The maximum absolute atomic E-state index is 12.6. The lowest BCUT2D eigenvalue weighted by atomic mass is 10.1. The maximum Gasteiger partial charge on any atom is 0.341 e. The van der Waals surface area contributed by atoms with Gasteiger partial charge in [0.1, 0.15) is 10.2 Å². The van der Waals surface area contributed by atoms with Crippen LogP contribution in [0.3, 0.4) is 0 Å². The van der Waals surface area contributed by atoms with Crippen molar-refractivity contribution in [2.24, 2.45) is 0 Å². The van der Waals surface area contributed by atoms with Crippen molar-refractivity contribution >= 4 is 27.6 Å². The highest BCUT2D eigenvalue weighted by Crippen LogP contribution is 2.33. The number of nitrogens with two attached hydrogens (primary N) is 1. The molecule has 0 aliphatic carbocycles. The van der Waals surface area contributed by atoms with Crippen molar-refractivity contribution in [1.82, 2.24) is 4.98 Å². The Hall–Kier alpha value is -1.24. The van der Waals surface area contributed by atoms with E-state index in [0.717, 1.165) is 6.20 Å². The van der Waals surface area contributed by atoms with Crippen molar-refractivity contribution in [2.75, 3.05) is 12.3 Å². The second kappa shape index (κ2) is 5.20. The number of halogens is 3. The maximum atomic E-state index is 12.6. The molecule has 1 heterocycles. The molecule has 1 aromatic rings. The van der Waals surface area contributed by atoms with Crippen LogP contribution in [-0.4, -0.2) is 17.6 Å². The van der Waals surface area contributed by atoms with Gasteiger partial charge in [-0.1, -0.05) is 0 Å². The number of nitrogens with zero attached hydrogens (tertiary/aromatic N) is 1. The van der Waals surface area contributed by atoms with Crippen molar-refractivity contribution in [1.29, 1.82) is 0 Å². The fourth-order valence-corrected chi connectivity index (χ4v) is 1.58. The van der Waals surface area contributed by atoms with E-state index in [1.807, 2.05) is 0 Å². The molecule has 4 nitrogen and oxygen atoms in total. The van der Waals surface area contributed by atoms with Gasteiger partial charge in [-0.3, -0.25) is 0 Å². The quantitative estimate of drug-likeness (QED) is 0.687. The van der Waals surface area contributed by atoms with Gasteiger partial charge in [-0.05, 0) is 22.9 Å². The molecule has 0 amide bonds. The van der Waals surface area contributed by atoms with E-state index in [1.54, 1.807) is 6.92 Å². The van der Waals surface area contributed by atoms with Crippen molar-refractivity contribution in [3.8, 4) is 0 Å². The Balaban J connectivity index is 3.23. The topological polar surface area (TPSA) is 65.2 Å². The van der Waals surface area contributed by atoms with E-state index in [9.17, 15) is 13.6 Å². The zero-order chi connectivity index (χ0) is 12.3. The molecule has 0 spiro atoms. The zero-order valence-corrected chi connectivity index (χ0v) is 9.92. The Morgan fingerprint density at radius 2 is 2.31 bits per heavy atom. The number of alkyl halides is 2. The SMILES string of the molecule is CCOC(=O)c1cnc(Br)c(C(F)F)c1N. The van der Waals surface area contributed by atoms with Crippen LogP contribution in [0.5, 0.6) is 0 Å². The number of hydrogen-bond acceptors (Lipinski definition) is 4. The molecule has 0 atom stereocenters. The van der Waals surface area contributed by atoms with Crippen molar-refractivity contribution in [2.45, 2.75) is 13.3 Å². The Kier molecular flexibility index (Phi) is 4.17. The third-order valence-electron chi connectivity index (χ3n) is 1.82. The Labute approximate surface area is 98.9 Å². The first kappa shape index (κ1) is 12.8. The fourth-order valence-electron chi connectivity index (χ4n) is 1.10. The second-order valence-corrected chi connectivity index (χ2v) is 3.56. The summed E-state index contributed by atoms with van der Waals surface area (Å²) in [6.45, 7) is 1.74. The molecule has 2 N–H and O–H groups in total. The van der Waals surface area contributed by atoms with Crippen LogP contribution >= 0.6 is 15.9 Å². The zero-order valence-electron chi connectivity index (χ0n) is 8.34. The summed E-state index contributed by atoms with van der Waals surface area (Å²) in [4.78, 5) is 15.0. The number of pyridine rings is 1. The summed E-state index contributed by atoms with van der Waals surface area (Å²) in [6.07, 6.45) is -1.71. The number of ether oxygens (including phenoxy) is 1. The number of carbonyl (C=O) groups is 1. The molecule has 0 radical (unpaired) electrons. The smallest absolute Gasteiger partial charge is 0.341 e. The van der Waals surface area contributed by atoms with Crippen molar-refractivity contribution in [3.05, 3.63) is 21.9 Å². The highest BCUT2D eigenvalue weighted by molar-refractivity contribution is 9.10. The summed E-state index contributed by atoms with van der Waals surface area (Å²) < 4.78 is 29.8. The average molecular weight is 295 g/mol. The van der Waals surface area contributed by atoms with E-state index < -0.39 is 18.0 Å². The first-order valence-corrected chi connectivity index (χ1v) is 5.17. The Bertz CT molecular complexity index is 413. The van der Waals surface area contributed by atoms with Gasteiger partial charge in [0.05, 0.1) is 17.9 Å². The predicted octanol–water partition coefficient (Wildman–Crippen LogP) is 2.54. The van der Waals surface area contributed by atoms with Gasteiger partial charge in [0.25, 0.3) is 6.43 Å². The van der Waals surface area contributed by atoms with E-state index in [4.69, 9.17) is 5.73 Å². The summed E-state index contributed by atoms with van der Waals surface area (Å²) in [5.41, 5.74) is 4.51. The van der Waals surface area contributed by atoms with Gasteiger partial charge in [-0.2, -0.15) is 0 Å². The lowest BCUT2D eigenvalue weighted by Gasteiger charge is -2.10. The van der Waals surface area contributed by atoms with Crippen molar-refractivity contribution < 1.29 is 18.3 Å². The van der Waals surface area contributed by atoms with Crippen LogP contribution < -0.4 is 5.73 Å². The second-order valence-electron chi connectivity index (χ2n) is 2.81. The molecule has 0 fully saturated rings. The molecule has 0 saturated carbocycles. The number of rotatable bonds is 3. The highest BCUT2D eigenvalue weighted by atomic mass is 79.9. The minimum atomic E-state index is -2.81. The molecule has 0 aliphatic heterocycles. The number of carbonyl (C=O) groups excluding carboxylic acids is 1. The van der Waals surface area contributed by atoms with E-state index in [2.05, 4.69) is 25.7 Å². The number of anilines is 1. The largest absolute Gasteiger partial charge is 0.462 e. The van der Waals surface area contributed by atoms with E-state index in [0.29, 0.717) is 0 Å². The van der Waals surface area contributed by atoms with Crippen LogP contribution in [-0.2, 0) is 4.74 Å². The highest BCUT2D eigenvalue weighted by Gasteiger charge is 2.22. The molecule has 0 unspecified atom stereocenters. The number of aromatic nitrogens is 1. The molecule has 1 aromatic heterocycles. The molecule has 7 heteroatoms. The molecule has 0 bridgehead atoms. The molecule has 0 aromatic carbocycles. The summed E-state index contributed by atoms with van der Waals surface area (Å²) >= 11 is 2.85. The van der Waals surface area contributed by atoms with Gasteiger partial charge in [-0.15, -0.1) is 0 Å². The van der Waals surface area contributed by atoms with Gasteiger partial charge in [-0.25, -0.2) is 18.6 Å². The van der Waals surface area contributed by atoms with Gasteiger partial charge < -0.3 is 10.5 Å². The van der Waals surface area contributed by atoms with Gasteiger partial charge in [0, 0.05) is 6.20 Å². The minimum absolute atomic E-state index is 0.0759. The van der Waals surface area contributed by atoms with E-state index >= 15 is 0 Å². The van der Waals surface area contributed by atoms with E-state index in [-0.39, 0.29) is 22.5 Å². The van der Waals surface area contributed by atoms with Crippen LogP contribution in [0.4, 0.5) is 14.5 Å². The lowest BCUT2D eigenvalue weighted by Crippen LogP contribution is -2.11. The van der Waals surface area contributed by atoms with Crippen LogP contribution in [0.15, 0.2) is 10.8 Å². The summed E-state index contributed by atoms with van der Waals surface area (Å²) in [5, 5.41) is 0. The third kappa shape index (κ3) is 2.46. The third-order valence-corrected chi connectivity index (χ3v) is 2.46.